The Morgan fingerprint density at radius 2 is 2.40 bits per heavy atom. The number of hydrogen-bond donors (Lipinski definition) is 0. The van der Waals surface area contributed by atoms with Gasteiger partial charge in [-0.2, -0.15) is 0 Å². The maximum Gasteiger partial charge on any atom is 0.101 e. The molecule has 0 aromatic heterocycles. The zero-order valence-corrected chi connectivity index (χ0v) is 7.47. The number of fused-ring (bicyclic) bond motifs is 1. The van der Waals surface area contributed by atoms with Crippen molar-refractivity contribution in [2.75, 3.05) is 13.2 Å². The summed E-state index contributed by atoms with van der Waals surface area (Å²) in [5.41, 5.74) is 0. The summed E-state index contributed by atoms with van der Waals surface area (Å²) in [4.78, 5) is 0. The minimum atomic E-state index is -0.211. The van der Waals surface area contributed by atoms with Gasteiger partial charge in [0, 0.05) is 12.6 Å². The summed E-state index contributed by atoms with van der Waals surface area (Å²) in [6.07, 6.45) is 3.23. The molecule has 0 saturated carbocycles. The van der Waals surface area contributed by atoms with E-state index in [1.165, 1.54) is 19.4 Å². The smallest absolute Gasteiger partial charge is 0.101 e. The number of rotatable bonds is 0. The second kappa shape index (κ2) is 2.44. The predicted molar refractivity (Wildman–Crippen MR) is 43.1 cm³/mol. The van der Waals surface area contributed by atoms with Gasteiger partial charge in [-0.15, -0.1) is 0 Å². The lowest BCUT2D eigenvalue weighted by Crippen LogP contribution is -2.25. The van der Waals surface area contributed by atoms with Gasteiger partial charge in [-0.05, 0) is 26.4 Å². The van der Waals surface area contributed by atoms with Crippen LogP contribution in [0.15, 0.2) is 0 Å². The Morgan fingerprint density at radius 1 is 1.60 bits per heavy atom. The molecule has 0 N–H and O–H groups in total. The number of hydrogen-bond acceptors (Lipinski definition) is 2. The third kappa shape index (κ3) is 0.903. The quantitative estimate of drug-likeness (QED) is 0.500. The van der Waals surface area contributed by atoms with Gasteiger partial charge in [0.15, 0.2) is 0 Å². The van der Waals surface area contributed by atoms with Gasteiger partial charge in [0.1, 0.15) is 8.30 Å². The van der Waals surface area contributed by atoms with Crippen molar-refractivity contribution in [3.63, 3.8) is 0 Å². The minimum absolute atomic E-state index is 0.211. The average molecular weight is 159 g/mol. The summed E-state index contributed by atoms with van der Waals surface area (Å²) >= 11 is 0. The van der Waals surface area contributed by atoms with Crippen LogP contribution in [0.2, 0.25) is 0 Å². The van der Waals surface area contributed by atoms with Gasteiger partial charge in [-0.3, -0.25) is 4.67 Å². The van der Waals surface area contributed by atoms with Crippen LogP contribution in [-0.4, -0.2) is 30.0 Å². The van der Waals surface area contributed by atoms with Crippen molar-refractivity contribution >= 4 is 8.30 Å². The lowest BCUT2D eigenvalue weighted by atomic mass is 10.1. The van der Waals surface area contributed by atoms with E-state index in [9.17, 15) is 0 Å². The monoisotopic (exact) mass is 159 g/mol. The Morgan fingerprint density at radius 3 is 3.10 bits per heavy atom. The fraction of sp³-hybridized carbons (Fsp3) is 1.00. The highest BCUT2D eigenvalue weighted by molar-refractivity contribution is 7.49. The first-order valence-corrected chi connectivity index (χ1v) is 5.62. The molecule has 3 heteroatoms. The summed E-state index contributed by atoms with van der Waals surface area (Å²) < 4.78 is 8.26. The van der Waals surface area contributed by atoms with Crippen molar-refractivity contribution in [2.45, 2.75) is 31.9 Å². The minimum Gasteiger partial charge on any atom is -0.339 e. The topological polar surface area (TPSA) is 12.5 Å². The van der Waals surface area contributed by atoms with Crippen LogP contribution in [0.1, 0.15) is 19.8 Å². The molecule has 3 atom stereocenters. The maximum atomic E-state index is 5.72. The van der Waals surface area contributed by atoms with Crippen molar-refractivity contribution < 1.29 is 4.52 Å². The van der Waals surface area contributed by atoms with Crippen molar-refractivity contribution in [1.29, 1.82) is 0 Å². The van der Waals surface area contributed by atoms with Gasteiger partial charge in [0.2, 0.25) is 0 Å². The molecular weight excluding hydrogens is 145 g/mol. The number of nitrogens with zero attached hydrogens (tertiary/aromatic N) is 1. The van der Waals surface area contributed by atoms with E-state index < -0.39 is 0 Å². The van der Waals surface area contributed by atoms with Gasteiger partial charge in [0.05, 0.1) is 6.10 Å². The lowest BCUT2D eigenvalue weighted by Gasteiger charge is -2.16. The van der Waals surface area contributed by atoms with E-state index in [1.807, 2.05) is 0 Å². The summed E-state index contributed by atoms with van der Waals surface area (Å²) in [7, 11) is -0.211. The van der Waals surface area contributed by atoms with E-state index in [1.54, 1.807) is 0 Å². The first kappa shape index (κ1) is 7.02. The van der Waals surface area contributed by atoms with E-state index in [2.05, 4.69) is 18.3 Å². The molecule has 0 aromatic rings. The molecule has 0 spiro atoms. The van der Waals surface area contributed by atoms with Gasteiger partial charge in [0.25, 0.3) is 0 Å². The van der Waals surface area contributed by atoms with E-state index in [-0.39, 0.29) is 8.30 Å². The van der Waals surface area contributed by atoms with Crippen LogP contribution in [0, 0.1) is 0 Å². The standard InChI is InChI=1S/C7H14NOP/c1-6-7-4-3-5-8(7)10(2)9-6/h6-7H,3-5H2,1-2H3/t6-,7+,10-/m1/s1. The molecule has 0 radical (unpaired) electrons. The molecule has 58 valence electrons. The highest BCUT2D eigenvalue weighted by Gasteiger charge is 2.40. The van der Waals surface area contributed by atoms with E-state index in [0.29, 0.717) is 6.10 Å². The molecular formula is C7H14NOP. The van der Waals surface area contributed by atoms with Gasteiger partial charge < -0.3 is 4.52 Å². The Balaban J connectivity index is 2.11. The Kier molecular flexibility index (Phi) is 1.71. The van der Waals surface area contributed by atoms with E-state index in [0.717, 1.165) is 6.04 Å². The highest BCUT2D eigenvalue weighted by Crippen LogP contribution is 2.51. The van der Waals surface area contributed by atoms with E-state index in [4.69, 9.17) is 4.52 Å². The molecule has 2 aliphatic rings. The first-order valence-electron chi connectivity index (χ1n) is 3.96. The molecule has 2 nitrogen and oxygen atoms in total. The summed E-state index contributed by atoms with van der Waals surface area (Å²) in [6, 6.07) is 0.760. The van der Waals surface area contributed by atoms with Crippen molar-refractivity contribution in [3.05, 3.63) is 0 Å². The second-order valence-electron chi connectivity index (χ2n) is 3.15. The summed E-state index contributed by atoms with van der Waals surface area (Å²) in [5.74, 6) is 0. The van der Waals surface area contributed by atoms with Crippen LogP contribution in [-0.2, 0) is 4.52 Å². The fourth-order valence-corrected chi connectivity index (χ4v) is 3.86. The summed E-state index contributed by atoms with van der Waals surface area (Å²) in [6.45, 7) is 5.70. The van der Waals surface area contributed by atoms with Crippen LogP contribution in [0.3, 0.4) is 0 Å². The van der Waals surface area contributed by atoms with E-state index >= 15 is 0 Å². The molecule has 0 aliphatic carbocycles. The molecule has 0 bridgehead atoms. The normalized spacial score (nSPS) is 48.0. The Labute approximate surface area is 63.4 Å². The van der Waals surface area contributed by atoms with Crippen molar-refractivity contribution in [3.8, 4) is 0 Å². The first-order chi connectivity index (χ1) is 4.79. The van der Waals surface area contributed by atoms with Crippen molar-refractivity contribution in [2.24, 2.45) is 0 Å². The lowest BCUT2D eigenvalue weighted by molar-refractivity contribution is 0.232. The maximum absolute atomic E-state index is 5.72. The molecule has 0 unspecified atom stereocenters. The third-order valence-electron chi connectivity index (χ3n) is 2.49. The van der Waals surface area contributed by atoms with Gasteiger partial charge >= 0.3 is 0 Å². The Hall–Kier alpha value is 0.350. The predicted octanol–water partition coefficient (Wildman–Crippen LogP) is 1.81. The van der Waals surface area contributed by atoms with Gasteiger partial charge in [-0.25, -0.2) is 0 Å². The zero-order valence-electron chi connectivity index (χ0n) is 6.58. The highest BCUT2D eigenvalue weighted by atomic mass is 31.2. The van der Waals surface area contributed by atoms with Crippen LogP contribution in [0.4, 0.5) is 0 Å². The molecule has 2 rings (SSSR count). The SMILES string of the molecule is C[C@H]1O[P@](C)N2CCC[C@@H]12. The largest absolute Gasteiger partial charge is 0.339 e. The van der Waals surface area contributed by atoms with Crippen LogP contribution in [0.25, 0.3) is 0 Å². The molecule has 10 heavy (non-hydrogen) atoms. The Bertz CT molecular complexity index is 128. The van der Waals surface area contributed by atoms with Crippen LogP contribution < -0.4 is 0 Å². The molecule has 2 aliphatic heterocycles. The summed E-state index contributed by atoms with van der Waals surface area (Å²) in [5, 5.41) is 0. The molecule has 2 fully saturated rings. The molecule has 2 heterocycles. The second-order valence-corrected chi connectivity index (χ2v) is 4.80. The van der Waals surface area contributed by atoms with Crippen LogP contribution >= 0.6 is 8.30 Å². The third-order valence-corrected chi connectivity index (χ3v) is 4.35. The fourth-order valence-electron chi connectivity index (χ4n) is 1.98. The average Bonchev–Trinajstić information content (AvgIpc) is 2.39. The zero-order chi connectivity index (χ0) is 7.14. The van der Waals surface area contributed by atoms with Crippen LogP contribution in [0.5, 0.6) is 0 Å². The van der Waals surface area contributed by atoms with Crippen molar-refractivity contribution in [1.82, 2.24) is 4.67 Å². The molecule has 0 aromatic carbocycles. The molecule has 2 saturated heterocycles. The molecule has 0 amide bonds. The van der Waals surface area contributed by atoms with Gasteiger partial charge in [-0.1, -0.05) is 0 Å².